The molecular weight excluding hydrogens is 292 g/mol. The van der Waals surface area contributed by atoms with E-state index in [9.17, 15) is 4.79 Å². The van der Waals surface area contributed by atoms with E-state index in [-0.39, 0.29) is 0 Å². The van der Waals surface area contributed by atoms with Gasteiger partial charge in [0.1, 0.15) is 0 Å². The SMILES string of the molecule is Cc1c(Cc2ccccc2)ccc(C(=O)O)c1Br. The third-order valence-electron chi connectivity index (χ3n) is 2.97. The molecule has 1 N–H and O–H groups in total. The van der Waals surface area contributed by atoms with Gasteiger partial charge in [-0.3, -0.25) is 0 Å². The second kappa shape index (κ2) is 5.36. The highest BCUT2D eigenvalue weighted by Crippen LogP contribution is 2.26. The van der Waals surface area contributed by atoms with Gasteiger partial charge in [-0.2, -0.15) is 0 Å². The topological polar surface area (TPSA) is 37.3 Å². The van der Waals surface area contributed by atoms with Gasteiger partial charge in [0.25, 0.3) is 0 Å². The van der Waals surface area contributed by atoms with Gasteiger partial charge in [0, 0.05) is 4.47 Å². The Kier molecular flexibility index (Phi) is 3.82. The Bertz CT molecular complexity index is 577. The van der Waals surface area contributed by atoms with Crippen molar-refractivity contribution in [2.24, 2.45) is 0 Å². The van der Waals surface area contributed by atoms with Crippen LogP contribution < -0.4 is 0 Å². The second-order valence-electron chi connectivity index (χ2n) is 4.18. The molecule has 0 aromatic heterocycles. The molecule has 92 valence electrons. The van der Waals surface area contributed by atoms with Gasteiger partial charge in [0.05, 0.1) is 5.56 Å². The molecule has 0 amide bonds. The molecule has 0 unspecified atom stereocenters. The first-order valence-corrected chi connectivity index (χ1v) is 6.44. The summed E-state index contributed by atoms with van der Waals surface area (Å²) >= 11 is 3.36. The average molecular weight is 305 g/mol. The fraction of sp³-hybridized carbons (Fsp3) is 0.133. The normalized spacial score (nSPS) is 10.3. The molecule has 2 nitrogen and oxygen atoms in total. The van der Waals surface area contributed by atoms with Crippen LogP contribution in [-0.2, 0) is 6.42 Å². The average Bonchev–Trinajstić information content (AvgIpc) is 2.36. The van der Waals surface area contributed by atoms with Crippen molar-refractivity contribution < 1.29 is 9.90 Å². The summed E-state index contributed by atoms with van der Waals surface area (Å²) in [5.41, 5.74) is 3.65. The van der Waals surface area contributed by atoms with Gasteiger partial charge < -0.3 is 5.11 Å². The lowest BCUT2D eigenvalue weighted by Crippen LogP contribution is -2.02. The van der Waals surface area contributed by atoms with Gasteiger partial charge in [-0.15, -0.1) is 0 Å². The van der Waals surface area contributed by atoms with E-state index in [1.807, 2.05) is 31.2 Å². The summed E-state index contributed by atoms with van der Waals surface area (Å²) in [4.78, 5) is 11.0. The summed E-state index contributed by atoms with van der Waals surface area (Å²) in [7, 11) is 0. The van der Waals surface area contributed by atoms with E-state index in [1.165, 1.54) is 5.56 Å². The Balaban J connectivity index is 2.36. The number of hydrogen-bond acceptors (Lipinski definition) is 1. The van der Waals surface area contributed by atoms with Crippen LogP contribution >= 0.6 is 15.9 Å². The summed E-state index contributed by atoms with van der Waals surface area (Å²) in [6, 6.07) is 13.7. The monoisotopic (exact) mass is 304 g/mol. The molecular formula is C15H13BrO2. The van der Waals surface area contributed by atoms with Gasteiger partial charge in [-0.25, -0.2) is 4.79 Å². The van der Waals surface area contributed by atoms with E-state index in [1.54, 1.807) is 6.07 Å². The van der Waals surface area contributed by atoms with Gasteiger partial charge in [0.2, 0.25) is 0 Å². The Morgan fingerprint density at radius 3 is 2.44 bits per heavy atom. The van der Waals surface area contributed by atoms with Crippen LogP contribution in [0.25, 0.3) is 0 Å². The molecule has 0 saturated heterocycles. The van der Waals surface area contributed by atoms with Crippen LogP contribution in [0.4, 0.5) is 0 Å². The molecule has 2 aromatic rings. The summed E-state index contributed by atoms with van der Waals surface area (Å²) in [6.07, 6.45) is 0.811. The van der Waals surface area contributed by atoms with E-state index in [2.05, 4.69) is 28.1 Å². The number of rotatable bonds is 3. The van der Waals surface area contributed by atoms with Gasteiger partial charge in [-0.1, -0.05) is 36.4 Å². The van der Waals surface area contributed by atoms with Gasteiger partial charge in [-0.05, 0) is 52.0 Å². The maximum Gasteiger partial charge on any atom is 0.336 e. The van der Waals surface area contributed by atoms with Crippen molar-refractivity contribution in [3.8, 4) is 0 Å². The van der Waals surface area contributed by atoms with Crippen LogP contribution in [0.2, 0.25) is 0 Å². The molecule has 0 heterocycles. The van der Waals surface area contributed by atoms with Crippen LogP contribution in [0, 0.1) is 6.92 Å². The first-order chi connectivity index (χ1) is 8.59. The lowest BCUT2D eigenvalue weighted by atomic mass is 9.98. The maximum absolute atomic E-state index is 11.0. The number of benzene rings is 2. The molecule has 0 aliphatic heterocycles. The fourth-order valence-electron chi connectivity index (χ4n) is 1.90. The third-order valence-corrected chi connectivity index (χ3v) is 3.99. The first-order valence-electron chi connectivity index (χ1n) is 5.65. The lowest BCUT2D eigenvalue weighted by molar-refractivity contribution is 0.0696. The smallest absolute Gasteiger partial charge is 0.336 e. The zero-order valence-corrected chi connectivity index (χ0v) is 11.6. The third kappa shape index (κ3) is 2.62. The number of carboxylic acids is 1. The molecule has 2 aromatic carbocycles. The van der Waals surface area contributed by atoms with E-state index >= 15 is 0 Å². The number of halogens is 1. The standard InChI is InChI=1S/C15H13BrO2/c1-10-12(9-11-5-3-2-4-6-11)7-8-13(14(10)16)15(17)18/h2-8H,9H2,1H3,(H,17,18). The maximum atomic E-state index is 11.0. The highest BCUT2D eigenvalue weighted by Gasteiger charge is 2.12. The largest absolute Gasteiger partial charge is 0.478 e. The summed E-state index contributed by atoms with van der Waals surface area (Å²) in [6.45, 7) is 1.94. The van der Waals surface area contributed by atoms with Crippen molar-refractivity contribution in [1.29, 1.82) is 0 Å². The van der Waals surface area contributed by atoms with Crippen LogP contribution in [0.5, 0.6) is 0 Å². The van der Waals surface area contributed by atoms with Crippen molar-refractivity contribution in [2.75, 3.05) is 0 Å². The minimum atomic E-state index is -0.906. The predicted molar refractivity (Wildman–Crippen MR) is 75.1 cm³/mol. The van der Waals surface area contributed by atoms with Gasteiger partial charge in [0.15, 0.2) is 0 Å². The molecule has 0 spiro atoms. The Hall–Kier alpha value is -1.61. The van der Waals surface area contributed by atoms with E-state index in [4.69, 9.17) is 5.11 Å². The molecule has 0 bridgehead atoms. The fourth-order valence-corrected chi connectivity index (χ4v) is 2.45. The quantitative estimate of drug-likeness (QED) is 0.929. The van der Waals surface area contributed by atoms with E-state index in [0.29, 0.717) is 10.0 Å². The van der Waals surface area contributed by atoms with Crippen LogP contribution in [0.3, 0.4) is 0 Å². The van der Waals surface area contributed by atoms with Crippen molar-refractivity contribution in [3.05, 3.63) is 69.2 Å². The molecule has 0 aliphatic carbocycles. The number of aromatic carboxylic acids is 1. The lowest BCUT2D eigenvalue weighted by Gasteiger charge is -2.10. The molecule has 3 heteroatoms. The Labute approximate surface area is 114 Å². The second-order valence-corrected chi connectivity index (χ2v) is 4.97. The molecule has 0 atom stereocenters. The first kappa shape index (κ1) is 12.8. The Morgan fingerprint density at radius 1 is 1.17 bits per heavy atom. The summed E-state index contributed by atoms with van der Waals surface area (Å²) < 4.78 is 0.670. The van der Waals surface area contributed by atoms with E-state index < -0.39 is 5.97 Å². The van der Waals surface area contributed by atoms with Crippen LogP contribution in [0.15, 0.2) is 46.9 Å². The van der Waals surface area contributed by atoms with E-state index in [0.717, 1.165) is 17.5 Å². The molecule has 0 saturated carbocycles. The predicted octanol–water partition coefficient (Wildman–Crippen LogP) is 4.05. The van der Waals surface area contributed by atoms with Crippen LogP contribution in [0.1, 0.15) is 27.0 Å². The van der Waals surface area contributed by atoms with Crippen LogP contribution in [-0.4, -0.2) is 11.1 Å². The van der Waals surface area contributed by atoms with Gasteiger partial charge >= 0.3 is 5.97 Å². The van der Waals surface area contributed by atoms with Crippen molar-refractivity contribution in [2.45, 2.75) is 13.3 Å². The number of hydrogen-bond donors (Lipinski definition) is 1. The molecule has 18 heavy (non-hydrogen) atoms. The minimum Gasteiger partial charge on any atom is -0.478 e. The Morgan fingerprint density at radius 2 is 1.83 bits per heavy atom. The molecule has 0 aliphatic rings. The number of carbonyl (C=O) groups is 1. The summed E-state index contributed by atoms with van der Waals surface area (Å²) in [5, 5.41) is 9.04. The number of carboxylic acid groups (broad SMARTS) is 1. The molecule has 2 rings (SSSR count). The molecule has 0 fully saturated rings. The summed E-state index contributed by atoms with van der Waals surface area (Å²) in [5.74, 6) is -0.906. The van der Waals surface area contributed by atoms with Crippen molar-refractivity contribution in [3.63, 3.8) is 0 Å². The van der Waals surface area contributed by atoms with Crippen molar-refractivity contribution in [1.82, 2.24) is 0 Å². The zero-order chi connectivity index (χ0) is 13.1. The zero-order valence-electron chi connectivity index (χ0n) is 9.98. The minimum absolute atomic E-state index is 0.310. The highest BCUT2D eigenvalue weighted by atomic mass is 79.9. The van der Waals surface area contributed by atoms with Crippen molar-refractivity contribution >= 4 is 21.9 Å². The highest BCUT2D eigenvalue weighted by molar-refractivity contribution is 9.10. The molecule has 0 radical (unpaired) electrons.